The minimum absolute atomic E-state index is 0.297. The molecule has 0 unspecified atom stereocenters. The van der Waals surface area contributed by atoms with Crippen LogP contribution in [0.25, 0.3) is 0 Å². The maximum Gasteiger partial charge on any atom is 0.393 e. The molecule has 2 rings (SSSR count). The van der Waals surface area contributed by atoms with Gasteiger partial charge < -0.3 is 4.74 Å². The molecule has 1 fully saturated rings. The predicted octanol–water partition coefficient (Wildman–Crippen LogP) is 2.16. The molecule has 0 heterocycles. The standard InChI is InChI=1S/C10H11F3O2/c1-15-9(14)7-5-2-3-6(4-5)8(7)10(11,12)13/h2-3,5-8H,4H2,1H3/t5-,6+,7+,8+/m1/s1. The fourth-order valence-corrected chi connectivity index (χ4v) is 2.73. The van der Waals surface area contributed by atoms with E-state index in [2.05, 4.69) is 4.74 Å². The van der Waals surface area contributed by atoms with Crippen molar-refractivity contribution in [2.45, 2.75) is 12.6 Å². The lowest BCUT2D eigenvalue weighted by Crippen LogP contribution is -2.38. The van der Waals surface area contributed by atoms with E-state index in [-0.39, 0.29) is 5.92 Å². The number of hydrogen-bond donors (Lipinski definition) is 0. The van der Waals surface area contributed by atoms with Crippen LogP contribution in [0.1, 0.15) is 6.42 Å². The molecule has 2 nitrogen and oxygen atoms in total. The zero-order valence-corrected chi connectivity index (χ0v) is 8.12. The predicted molar refractivity (Wildman–Crippen MR) is 45.8 cm³/mol. The van der Waals surface area contributed by atoms with Gasteiger partial charge in [-0.1, -0.05) is 12.2 Å². The molecule has 2 aliphatic rings. The molecule has 2 bridgehead atoms. The van der Waals surface area contributed by atoms with Crippen molar-refractivity contribution in [3.8, 4) is 0 Å². The Morgan fingerprint density at radius 1 is 1.33 bits per heavy atom. The van der Waals surface area contributed by atoms with Crippen LogP contribution in [0.15, 0.2) is 12.2 Å². The quantitative estimate of drug-likeness (QED) is 0.500. The van der Waals surface area contributed by atoms with Crippen molar-refractivity contribution in [3.05, 3.63) is 12.2 Å². The highest BCUT2D eigenvalue weighted by Gasteiger charge is 2.59. The number of esters is 1. The Kier molecular flexibility index (Phi) is 2.28. The molecule has 1 saturated carbocycles. The number of hydrogen-bond acceptors (Lipinski definition) is 2. The maximum absolute atomic E-state index is 12.7. The molecule has 5 heteroatoms. The Bertz CT molecular complexity index is 308. The molecule has 0 saturated heterocycles. The molecule has 0 aromatic heterocycles. The fourth-order valence-electron chi connectivity index (χ4n) is 2.73. The third-order valence-electron chi connectivity index (χ3n) is 3.31. The van der Waals surface area contributed by atoms with Gasteiger partial charge in [-0.15, -0.1) is 0 Å². The van der Waals surface area contributed by atoms with Gasteiger partial charge in [0, 0.05) is 0 Å². The summed E-state index contributed by atoms with van der Waals surface area (Å²) in [7, 11) is 1.13. The summed E-state index contributed by atoms with van der Waals surface area (Å²) in [6.45, 7) is 0. The number of fused-ring (bicyclic) bond motifs is 2. The zero-order chi connectivity index (χ0) is 11.2. The molecule has 2 aliphatic carbocycles. The minimum atomic E-state index is -4.32. The molecular formula is C10H11F3O2. The smallest absolute Gasteiger partial charge is 0.393 e. The monoisotopic (exact) mass is 220 g/mol. The van der Waals surface area contributed by atoms with Gasteiger partial charge in [-0.05, 0) is 18.3 Å². The highest BCUT2D eigenvalue weighted by atomic mass is 19.4. The van der Waals surface area contributed by atoms with Gasteiger partial charge in [0.25, 0.3) is 0 Å². The van der Waals surface area contributed by atoms with Crippen molar-refractivity contribution in [1.82, 2.24) is 0 Å². The number of halogens is 3. The summed E-state index contributed by atoms with van der Waals surface area (Å²) in [6.07, 6.45) is -0.621. The van der Waals surface area contributed by atoms with Crippen molar-refractivity contribution < 1.29 is 22.7 Å². The van der Waals surface area contributed by atoms with E-state index in [0.29, 0.717) is 6.42 Å². The van der Waals surface area contributed by atoms with E-state index in [9.17, 15) is 18.0 Å². The summed E-state index contributed by atoms with van der Waals surface area (Å²) in [4.78, 5) is 11.3. The van der Waals surface area contributed by atoms with Crippen LogP contribution in [0, 0.1) is 23.7 Å². The summed E-state index contributed by atoms with van der Waals surface area (Å²) in [6, 6.07) is 0. The summed E-state index contributed by atoms with van der Waals surface area (Å²) in [5.74, 6) is -4.17. The van der Waals surface area contributed by atoms with E-state index in [4.69, 9.17) is 0 Å². The Labute approximate surface area is 85.1 Å². The van der Waals surface area contributed by atoms with Crippen molar-refractivity contribution in [1.29, 1.82) is 0 Å². The van der Waals surface area contributed by atoms with E-state index in [1.54, 1.807) is 12.2 Å². The highest BCUT2D eigenvalue weighted by molar-refractivity contribution is 5.74. The van der Waals surface area contributed by atoms with Crippen LogP contribution >= 0.6 is 0 Å². The van der Waals surface area contributed by atoms with Crippen LogP contribution in [0.2, 0.25) is 0 Å². The molecule has 0 radical (unpaired) electrons. The van der Waals surface area contributed by atoms with Gasteiger partial charge in [0.2, 0.25) is 0 Å². The van der Waals surface area contributed by atoms with Crippen LogP contribution < -0.4 is 0 Å². The summed E-state index contributed by atoms with van der Waals surface area (Å²) in [5.41, 5.74) is 0. The fraction of sp³-hybridized carbons (Fsp3) is 0.700. The molecular weight excluding hydrogens is 209 g/mol. The molecule has 0 aromatic carbocycles. The largest absolute Gasteiger partial charge is 0.469 e. The molecule has 84 valence electrons. The molecule has 15 heavy (non-hydrogen) atoms. The third kappa shape index (κ3) is 1.54. The summed E-state index contributed by atoms with van der Waals surface area (Å²) < 4.78 is 42.6. The first-order valence-electron chi connectivity index (χ1n) is 4.78. The van der Waals surface area contributed by atoms with Crippen molar-refractivity contribution in [3.63, 3.8) is 0 Å². The normalized spacial score (nSPS) is 38.4. The van der Waals surface area contributed by atoms with Crippen LogP contribution in [0.3, 0.4) is 0 Å². The number of rotatable bonds is 1. The van der Waals surface area contributed by atoms with Crippen LogP contribution in [-0.2, 0) is 9.53 Å². The Hall–Kier alpha value is -1.00. The topological polar surface area (TPSA) is 26.3 Å². The zero-order valence-electron chi connectivity index (χ0n) is 8.12. The van der Waals surface area contributed by atoms with Gasteiger partial charge in [-0.2, -0.15) is 13.2 Å². The molecule has 0 N–H and O–H groups in total. The minimum Gasteiger partial charge on any atom is -0.469 e. The van der Waals surface area contributed by atoms with Gasteiger partial charge in [-0.3, -0.25) is 4.79 Å². The SMILES string of the molecule is COC(=O)[C@@H]1[C@@H](C(F)(F)F)[C@H]2C=C[C@@H]1C2. The first kappa shape index (κ1) is 10.5. The van der Waals surface area contributed by atoms with E-state index in [0.717, 1.165) is 7.11 Å². The third-order valence-corrected chi connectivity index (χ3v) is 3.31. The summed E-state index contributed by atoms with van der Waals surface area (Å²) >= 11 is 0. The number of allylic oxidation sites excluding steroid dienone is 2. The summed E-state index contributed by atoms with van der Waals surface area (Å²) in [5, 5.41) is 0. The molecule has 0 amide bonds. The maximum atomic E-state index is 12.7. The lowest BCUT2D eigenvalue weighted by atomic mass is 9.82. The highest BCUT2D eigenvalue weighted by Crippen LogP contribution is 2.54. The van der Waals surface area contributed by atoms with Crippen LogP contribution in [-0.4, -0.2) is 19.3 Å². The van der Waals surface area contributed by atoms with Gasteiger partial charge in [-0.25, -0.2) is 0 Å². The van der Waals surface area contributed by atoms with E-state index in [1.807, 2.05) is 0 Å². The lowest BCUT2D eigenvalue weighted by molar-refractivity contribution is -0.200. The molecule has 0 aromatic rings. The number of alkyl halides is 3. The average molecular weight is 220 g/mol. The Morgan fingerprint density at radius 2 is 1.93 bits per heavy atom. The van der Waals surface area contributed by atoms with E-state index in [1.165, 1.54) is 0 Å². The van der Waals surface area contributed by atoms with Crippen LogP contribution in [0.5, 0.6) is 0 Å². The second-order valence-electron chi connectivity index (χ2n) is 4.06. The number of carbonyl (C=O) groups excluding carboxylic acids is 1. The Balaban J connectivity index is 2.28. The van der Waals surface area contributed by atoms with Gasteiger partial charge in [0.05, 0.1) is 18.9 Å². The second-order valence-corrected chi connectivity index (χ2v) is 4.06. The second kappa shape index (κ2) is 3.25. The lowest BCUT2D eigenvalue weighted by Gasteiger charge is -2.27. The number of methoxy groups -OCH3 is 1. The van der Waals surface area contributed by atoms with Crippen molar-refractivity contribution in [2.24, 2.45) is 23.7 Å². The van der Waals surface area contributed by atoms with Crippen LogP contribution in [0.4, 0.5) is 13.2 Å². The first-order valence-corrected chi connectivity index (χ1v) is 4.78. The van der Waals surface area contributed by atoms with Gasteiger partial charge in [0.1, 0.15) is 0 Å². The average Bonchev–Trinajstić information content (AvgIpc) is 2.73. The molecule has 0 aliphatic heterocycles. The van der Waals surface area contributed by atoms with Crippen molar-refractivity contribution >= 4 is 5.97 Å². The number of ether oxygens (including phenoxy) is 1. The van der Waals surface area contributed by atoms with Crippen molar-refractivity contribution in [2.75, 3.05) is 7.11 Å². The molecule has 4 atom stereocenters. The van der Waals surface area contributed by atoms with Gasteiger partial charge in [0.15, 0.2) is 0 Å². The first-order chi connectivity index (χ1) is 6.95. The van der Waals surface area contributed by atoms with E-state index < -0.39 is 29.9 Å². The number of carbonyl (C=O) groups is 1. The van der Waals surface area contributed by atoms with Gasteiger partial charge >= 0.3 is 12.1 Å². The molecule has 0 spiro atoms. The van der Waals surface area contributed by atoms with E-state index >= 15 is 0 Å². The Morgan fingerprint density at radius 3 is 2.47 bits per heavy atom.